The highest BCUT2D eigenvalue weighted by Gasteiger charge is 2.24. The molecule has 1 aliphatic rings. The van der Waals surface area contributed by atoms with E-state index in [0.29, 0.717) is 25.6 Å². The second kappa shape index (κ2) is 7.77. The number of aryl methyl sites for hydroxylation is 1. The summed E-state index contributed by atoms with van der Waals surface area (Å²) >= 11 is 0. The molecule has 1 atom stereocenters. The number of hydrogen-bond acceptors (Lipinski definition) is 4. The monoisotopic (exact) mass is 329 g/mol. The fourth-order valence-corrected chi connectivity index (χ4v) is 3.47. The van der Waals surface area contributed by atoms with Crippen LogP contribution in [0.15, 0.2) is 24.3 Å². The molecule has 130 valence electrons. The van der Waals surface area contributed by atoms with Crippen LogP contribution in [-0.4, -0.2) is 46.0 Å². The number of nitrogens with two attached hydrogens (primary N) is 1. The zero-order valence-electron chi connectivity index (χ0n) is 14.4. The summed E-state index contributed by atoms with van der Waals surface area (Å²) in [6, 6.07) is 8.60. The molecule has 0 aliphatic carbocycles. The molecule has 1 amide bonds. The van der Waals surface area contributed by atoms with Crippen LogP contribution < -0.4 is 11.1 Å². The fraction of sp³-hybridized carbons (Fsp3) is 0.556. The third kappa shape index (κ3) is 3.76. The van der Waals surface area contributed by atoms with Gasteiger partial charge in [-0.3, -0.25) is 9.69 Å². The van der Waals surface area contributed by atoms with Crippen molar-refractivity contribution in [2.75, 3.05) is 19.6 Å². The maximum Gasteiger partial charge on any atom is 0.221 e. The van der Waals surface area contributed by atoms with Gasteiger partial charge in [0.25, 0.3) is 0 Å². The number of nitrogens with one attached hydrogen (secondary N) is 1. The van der Waals surface area contributed by atoms with Crippen molar-refractivity contribution in [3.05, 3.63) is 30.1 Å². The molecule has 24 heavy (non-hydrogen) atoms. The van der Waals surface area contributed by atoms with E-state index in [1.165, 1.54) is 12.8 Å². The van der Waals surface area contributed by atoms with E-state index < -0.39 is 0 Å². The molecule has 3 rings (SSSR count). The minimum absolute atomic E-state index is 0.0470. The van der Waals surface area contributed by atoms with Crippen molar-refractivity contribution in [3.63, 3.8) is 0 Å². The van der Waals surface area contributed by atoms with Crippen LogP contribution in [0.5, 0.6) is 0 Å². The predicted octanol–water partition coefficient (Wildman–Crippen LogP) is 1.39. The molecule has 3 N–H and O–H groups in total. The Kier molecular flexibility index (Phi) is 5.48. The van der Waals surface area contributed by atoms with Gasteiger partial charge >= 0.3 is 0 Å². The summed E-state index contributed by atoms with van der Waals surface area (Å²) < 4.78 is 2.17. The van der Waals surface area contributed by atoms with Crippen LogP contribution in [0, 0.1) is 0 Å². The number of hydrogen-bond donors (Lipinski definition) is 2. The Morgan fingerprint density at radius 3 is 3.00 bits per heavy atom. The lowest BCUT2D eigenvalue weighted by Crippen LogP contribution is -2.46. The van der Waals surface area contributed by atoms with Gasteiger partial charge in [-0.2, -0.15) is 0 Å². The number of rotatable bonds is 6. The van der Waals surface area contributed by atoms with Crippen molar-refractivity contribution in [1.82, 2.24) is 19.8 Å². The van der Waals surface area contributed by atoms with E-state index >= 15 is 0 Å². The topological polar surface area (TPSA) is 76.2 Å². The minimum Gasteiger partial charge on any atom is -0.354 e. The quantitative estimate of drug-likeness (QED) is 0.840. The molecular formula is C18H27N5O. The maximum atomic E-state index is 11.7. The minimum atomic E-state index is 0.0470. The highest BCUT2D eigenvalue weighted by atomic mass is 16.1. The van der Waals surface area contributed by atoms with Crippen molar-refractivity contribution < 1.29 is 4.79 Å². The molecule has 1 aromatic carbocycles. The van der Waals surface area contributed by atoms with E-state index in [2.05, 4.69) is 34.0 Å². The lowest BCUT2D eigenvalue weighted by molar-refractivity contribution is -0.121. The largest absolute Gasteiger partial charge is 0.354 e. The van der Waals surface area contributed by atoms with E-state index in [9.17, 15) is 4.79 Å². The van der Waals surface area contributed by atoms with Gasteiger partial charge < -0.3 is 15.6 Å². The van der Waals surface area contributed by atoms with Gasteiger partial charge in [-0.25, -0.2) is 4.98 Å². The van der Waals surface area contributed by atoms with Crippen molar-refractivity contribution in [1.29, 1.82) is 0 Å². The Balaban J connectivity index is 1.68. The second-order valence-corrected chi connectivity index (χ2v) is 6.54. The molecule has 1 fully saturated rings. The number of imidazole rings is 1. The number of amides is 1. The van der Waals surface area contributed by atoms with Gasteiger partial charge in [0.05, 0.1) is 17.6 Å². The van der Waals surface area contributed by atoms with E-state index in [1.54, 1.807) is 0 Å². The summed E-state index contributed by atoms with van der Waals surface area (Å²) in [5.74, 6) is 1.13. The number of likely N-dealkylation sites (tertiary alicyclic amines) is 1. The fourth-order valence-electron chi connectivity index (χ4n) is 3.47. The van der Waals surface area contributed by atoms with Crippen LogP contribution in [0.4, 0.5) is 0 Å². The number of benzene rings is 1. The lowest BCUT2D eigenvalue weighted by Gasteiger charge is -2.35. The van der Waals surface area contributed by atoms with Gasteiger partial charge in [-0.15, -0.1) is 0 Å². The SMILES string of the molecule is Cn1c(CN2CCCCC2CNC(=O)CCN)nc2ccccc21. The Morgan fingerprint density at radius 1 is 1.38 bits per heavy atom. The molecule has 6 heteroatoms. The Bertz CT molecular complexity index is 696. The van der Waals surface area contributed by atoms with Crippen LogP contribution >= 0.6 is 0 Å². The molecule has 2 heterocycles. The lowest BCUT2D eigenvalue weighted by atomic mass is 10.0. The third-order valence-electron chi connectivity index (χ3n) is 4.88. The van der Waals surface area contributed by atoms with Crippen LogP contribution in [0.1, 0.15) is 31.5 Å². The van der Waals surface area contributed by atoms with Crippen LogP contribution in [0.3, 0.4) is 0 Å². The molecule has 0 spiro atoms. The van der Waals surface area contributed by atoms with Crippen LogP contribution in [0.25, 0.3) is 11.0 Å². The normalized spacial score (nSPS) is 18.8. The number of para-hydroxylation sites is 2. The molecule has 0 saturated carbocycles. The summed E-state index contributed by atoms with van der Waals surface area (Å²) in [6.07, 6.45) is 3.94. The molecule has 2 aromatic rings. The number of nitrogens with zero attached hydrogens (tertiary/aromatic N) is 3. The molecular weight excluding hydrogens is 302 g/mol. The molecule has 6 nitrogen and oxygen atoms in total. The Labute approximate surface area is 143 Å². The molecule has 0 radical (unpaired) electrons. The number of carbonyl (C=O) groups is 1. The van der Waals surface area contributed by atoms with Gasteiger partial charge in [-0.1, -0.05) is 18.6 Å². The van der Waals surface area contributed by atoms with Gasteiger partial charge in [0.2, 0.25) is 5.91 Å². The Morgan fingerprint density at radius 2 is 2.21 bits per heavy atom. The zero-order chi connectivity index (χ0) is 16.9. The average Bonchev–Trinajstić information content (AvgIpc) is 2.91. The van der Waals surface area contributed by atoms with Crippen molar-refractivity contribution >= 4 is 16.9 Å². The zero-order valence-corrected chi connectivity index (χ0v) is 14.4. The number of fused-ring (bicyclic) bond motifs is 1. The molecule has 1 aromatic heterocycles. The summed E-state index contributed by atoms with van der Waals surface area (Å²) in [7, 11) is 2.08. The molecule has 0 bridgehead atoms. The molecule has 1 aliphatic heterocycles. The summed E-state index contributed by atoms with van der Waals surface area (Å²) in [6.45, 7) is 2.98. The summed E-state index contributed by atoms with van der Waals surface area (Å²) in [4.78, 5) is 18.9. The third-order valence-corrected chi connectivity index (χ3v) is 4.88. The van der Waals surface area contributed by atoms with Gasteiger partial charge in [-0.05, 0) is 31.5 Å². The predicted molar refractivity (Wildman–Crippen MR) is 95.4 cm³/mol. The molecule has 1 unspecified atom stereocenters. The van der Waals surface area contributed by atoms with E-state index in [0.717, 1.165) is 36.4 Å². The highest BCUT2D eigenvalue weighted by molar-refractivity contribution is 5.76. The second-order valence-electron chi connectivity index (χ2n) is 6.54. The van der Waals surface area contributed by atoms with E-state index in [4.69, 9.17) is 10.7 Å². The van der Waals surface area contributed by atoms with Crippen molar-refractivity contribution in [2.45, 2.75) is 38.3 Å². The summed E-state index contributed by atoms with van der Waals surface area (Å²) in [5, 5.41) is 3.02. The van der Waals surface area contributed by atoms with E-state index in [-0.39, 0.29) is 5.91 Å². The Hall–Kier alpha value is -1.92. The van der Waals surface area contributed by atoms with Crippen molar-refractivity contribution in [2.24, 2.45) is 12.8 Å². The first-order chi connectivity index (χ1) is 11.7. The molecule has 1 saturated heterocycles. The van der Waals surface area contributed by atoms with Crippen molar-refractivity contribution in [3.8, 4) is 0 Å². The van der Waals surface area contributed by atoms with Crippen LogP contribution in [-0.2, 0) is 18.4 Å². The maximum absolute atomic E-state index is 11.7. The first-order valence-electron chi connectivity index (χ1n) is 8.80. The van der Waals surface area contributed by atoms with Gasteiger partial charge in [0.1, 0.15) is 5.82 Å². The first-order valence-corrected chi connectivity index (χ1v) is 8.80. The van der Waals surface area contributed by atoms with Crippen LogP contribution in [0.2, 0.25) is 0 Å². The van der Waals surface area contributed by atoms with Gasteiger partial charge in [0, 0.05) is 32.6 Å². The van der Waals surface area contributed by atoms with E-state index in [1.807, 2.05) is 12.1 Å². The average molecular weight is 329 g/mol. The summed E-state index contributed by atoms with van der Waals surface area (Å²) in [5.41, 5.74) is 7.64. The first kappa shape index (κ1) is 16.9. The van der Waals surface area contributed by atoms with Gasteiger partial charge in [0.15, 0.2) is 0 Å². The smallest absolute Gasteiger partial charge is 0.221 e. The highest BCUT2D eigenvalue weighted by Crippen LogP contribution is 2.21. The number of carbonyl (C=O) groups excluding carboxylic acids is 1. The standard InChI is InChI=1S/C18H27N5O/c1-22-16-8-3-2-7-15(16)21-17(22)13-23-11-5-4-6-14(23)12-20-18(24)9-10-19/h2-3,7-8,14H,4-6,9-13,19H2,1H3,(H,20,24). The number of aromatic nitrogens is 2. The number of piperidine rings is 1.